The Kier molecular flexibility index (Phi) is 16.5. The van der Waals surface area contributed by atoms with Crippen LogP contribution in [0.15, 0.2) is 0 Å². The van der Waals surface area contributed by atoms with Gasteiger partial charge in [0, 0.05) is 32.8 Å². The summed E-state index contributed by atoms with van der Waals surface area (Å²) in [6.45, 7) is 10.0. The molecule has 1 saturated heterocycles. The molecule has 0 aromatic rings. The molecule has 0 bridgehead atoms. The Hall–Kier alpha value is -0.240. The van der Waals surface area contributed by atoms with Crippen LogP contribution in [0.2, 0.25) is 0 Å². The van der Waals surface area contributed by atoms with Crippen LogP contribution in [0.3, 0.4) is 0 Å². The zero-order valence-electron chi connectivity index (χ0n) is 11.5. The lowest BCUT2D eigenvalue weighted by atomic mass is 10.4. The Morgan fingerprint density at radius 1 is 0.778 bits per heavy atom. The monoisotopic (exact) mass is 264 g/mol. The van der Waals surface area contributed by atoms with Crippen LogP contribution in [0.25, 0.3) is 0 Å². The summed E-state index contributed by atoms with van der Waals surface area (Å²) in [5, 5.41) is 14.8. The van der Waals surface area contributed by atoms with Crippen LogP contribution in [0.5, 0.6) is 0 Å². The van der Waals surface area contributed by atoms with Gasteiger partial charge in [0.15, 0.2) is 0 Å². The minimum atomic E-state index is 0.0684. The van der Waals surface area contributed by atoms with E-state index in [9.17, 15) is 0 Å². The molecular weight excluding hydrogens is 236 g/mol. The third-order valence-corrected chi connectivity index (χ3v) is 2.14. The Morgan fingerprint density at radius 3 is 1.61 bits per heavy atom. The summed E-state index contributed by atoms with van der Waals surface area (Å²) in [7, 11) is 0. The number of ether oxygens (including phenoxy) is 3. The minimum absolute atomic E-state index is 0.0684. The zero-order valence-corrected chi connectivity index (χ0v) is 11.5. The van der Waals surface area contributed by atoms with Crippen molar-refractivity contribution in [2.24, 2.45) is 0 Å². The first-order chi connectivity index (χ1) is 8.91. The van der Waals surface area contributed by atoms with Gasteiger partial charge in [0.2, 0.25) is 0 Å². The van der Waals surface area contributed by atoms with Gasteiger partial charge in [-0.3, -0.25) is 0 Å². The third kappa shape index (κ3) is 15.8. The maximum absolute atomic E-state index is 8.35. The van der Waals surface area contributed by atoms with E-state index in [0.29, 0.717) is 33.0 Å². The number of hydrogen-bond acceptors (Lipinski definition) is 6. The Labute approximate surface area is 110 Å². The smallest absolute Gasteiger partial charge is 0.0701 e. The largest absolute Gasteiger partial charge is 0.394 e. The minimum Gasteiger partial charge on any atom is -0.394 e. The second-order valence-electron chi connectivity index (χ2n) is 3.65. The molecule has 3 N–H and O–H groups in total. The lowest BCUT2D eigenvalue weighted by molar-refractivity contribution is 0.00965. The van der Waals surface area contributed by atoms with Gasteiger partial charge in [0.05, 0.1) is 39.6 Å². The summed E-state index contributed by atoms with van der Waals surface area (Å²) < 4.78 is 15.2. The molecule has 0 saturated carbocycles. The number of aliphatic hydroxyl groups is 1. The molecule has 0 unspecified atom stereocenters. The second-order valence-corrected chi connectivity index (χ2v) is 3.65. The van der Waals surface area contributed by atoms with Gasteiger partial charge in [-0.15, -0.1) is 0 Å². The Bertz CT molecular complexity index is 125. The van der Waals surface area contributed by atoms with Crippen molar-refractivity contribution in [2.45, 2.75) is 6.92 Å². The molecule has 1 aliphatic heterocycles. The fourth-order valence-corrected chi connectivity index (χ4v) is 1.25. The van der Waals surface area contributed by atoms with Crippen LogP contribution in [0.4, 0.5) is 0 Å². The van der Waals surface area contributed by atoms with Crippen molar-refractivity contribution < 1.29 is 19.3 Å². The number of aliphatic hydroxyl groups excluding tert-OH is 1. The third-order valence-electron chi connectivity index (χ3n) is 2.14. The molecule has 0 spiro atoms. The van der Waals surface area contributed by atoms with Crippen molar-refractivity contribution in [3.63, 3.8) is 0 Å². The molecule has 1 fully saturated rings. The molecule has 1 aliphatic rings. The summed E-state index contributed by atoms with van der Waals surface area (Å²) >= 11 is 0. The van der Waals surface area contributed by atoms with E-state index in [-0.39, 0.29) is 6.61 Å². The molecule has 0 aromatic heterocycles. The first kappa shape index (κ1) is 17.8. The van der Waals surface area contributed by atoms with Crippen LogP contribution in [0.1, 0.15) is 6.92 Å². The molecule has 18 heavy (non-hydrogen) atoms. The first-order valence-corrected chi connectivity index (χ1v) is 6.67. The van der Waals surface area contributed by atoms with Gasteiger partial charge in [0.1, 0.15) is 0 Å². The molecule has 0 aromatic carbocycles. The van der Waals surface area contributed by atoms with Gasteiger partial charge in [0.25, 0.3) is 0 Å². The van der Waals surface area contributed by atoms with Crippen molar-refractivity contribution in [3.05, 3.63) is 0 Å². The van der Waals surface area contributed by atoms with Crippen LogP contribution < -0.4 is 10.6 Å². The standard InChI is InChI=1S/C8H18O4.C4H10N2/c1-2-10-5-6-12-8-7-11-4-3-9;1-2-6-4-3-5-1/h9H,2-8H2,1H3;5-6H,1-4H2. The van der Waals surface area contributed by atoms with Crippen molar-refractivity contribution in [3.8, 4) is 0 Å². The molecule has 1 rings (SSSR count). The normalized spacial score (nSPS) is 15.0. The molecule has 110 valence electrons. The fraction of sp³-hybridized carbons (Fsp3) is 1.00. The molecular formula is C12H28N2O4. The summed E-state index contributed by atoms with van der Waals surface area (Å²) in [6, 6.07) is 0. The van der Waals surface area contributed by atoms with E-state index >= 15 is 0 Å². The summed E-state index contributed by atoms with van der Waals surface area (Å²) in [5.74, 6) is 0. The van der Waals surface area contributed by atoms with E-state index in [1.807, 2.05) is 6.92 Å². The van der Waals surface area contributed by atoms with Crippen molar-refractivity contribution >= 4 is 0 Å². The van der Waals surface area contributed by atoms with Crippen LogP contribution in [0, 0.1) is 0 Å². The predicted octanol–water partition coefficient (Wildman–Crippen LogP) is -0.772. The lowest BCUT2D eigenvalue weighted by Crippen LogP contribution is -2.39. The maximum atomic E-state index is 8.35. The quantitative estimate of drug-likeness (QED) is 0.475. The average Bonchev–Trinajstić information content (AvgIpc) is 2.44. The molecule has 0 amide bonds. The first-order valence-electron chi connectivity index (χ1n) is 6.67. The molecule has 0 radical (unpaired) electrons. The van der Waals surface area contributed by atoms with E-state index in [1.165, 1.54) is 0 Å². The zero-order chi connectivity index (χ0) is 13.3. The Morgan fingerprint density at radius 2 is 1.22 bits per heavy atom. The van der Waals surface area contributed by atoms with E-state index in [0.717, 1.165) is 32.8 Å². The highest BCUT2D eigenvalue weighted by atomic mass is 16.5. The highest BCUT2D eigenvalue weighted by Crippen LogP contribution is 1.80. The van der Waals surface area contributed by atoms with E-state index < -0.39 is 0 Å². The predicted molar refractivity (Wildman–Crippen MR) is 71.0 cm³/mol. The number of hydrogen-bond donors (Lipinski definition) is 3. The SMILES string of the molecule is C1CNCCN1.CCOCCOCCOCCO. The topological polar surface area (TPSA) is 72.0 Å². The van der Waals surface area contributed by atoms with Gasteiger partial charge in [-0.05, 0) is 6.92 Å². The summed E-state index contributed by atoms with van der Waals surface area (Å²) in [4.78, 5) is 0. The van der Waals surface area contributed by atoms with Crippen LogP contribution >= 0.6 is 0 Å². The molecule has 0 aliphatic carbocycles. The van der Waals surface area contributed by atoms with Crippen molar-refractivity contribution in [1.82, 2.24) is 10.6 Å². The van der Waals surface area contributed by atoms with E-state index in [1.54, 1.807) is 0 Å². The highest BCUT2D eigenvalue weighted by Gasteiger charge is 1.91. The van der Waals surface area contributed by atoms with Gasteiger partial charge in [-0.2, -0.15) is 0 Å². The van der Waals surface area contributed by atoms with E-state index in [2.05, 4.69) is 10.6 Å². The fourth-order valence-electron chi connectivity index (χ4n) is 1.25. The molecule has 0 atom stereocenters. The van der Waals surface area contributed by atoms with Crippen LogP contribution in [-0.4, -0.2) is 77.5 Å². The van der Waals surface area contributed by atoms with Gasteiger partial charge < -0.3 is 30.0 Å². The summed E-state index contributed by atoms with van der Waals surface area (Å²) in [5.41, 5.74) is 0. The Balaban J connectivity index is 0.000000397. The molecule has 6 nitrogen and oxygen atoms in total. The van der Waals surface area contributed by atoms with Crippen molar-refractivity contribution in [1.29, 1.82) is 0 Å². The molecule has 6 heteroatoms. The number of nitrogens with one attached hydrogen (secondary N) is 2. The van der Waals surface area contributed by atoms with E-state index in [4.69, 9.17) is 19.3 Å². The number of piperazine rings is 1. The van der Waals surface area contributed by atoms with Crippen molar-refractivity contribution in [2.75, 3.05) is 72.4 Å². The molecule has 1 heterocycles. The summed E-state index contributed by atoms with van der Waals surface area (Å²) in [6.07, 6.45) is 0. The van der Waals surface area contributed by atoms with Gasteiger partial charge in [-0.1, -0.05) is 0 Å². The average molecular weight is 264 g/mol. The lowest BCUT2D eigenvalue weighted by Gasteiger charge is -2.11. The second kappa shape index (κ2) is 16.8. The maximum Gasteiger partial charge on any atom is 0.0701 e. The number of rotatable bonds is 9. The highest BCUT2D eigenvalue weighted by molar-refractivity contribution is 4.59. The van der Waals surface area contributed by atoms with Gasteiger partial charge >= 0.3 is 0 Å². The van der Waals surface area contributed by atoms with Crippen LogP contribution in [-0.2, 0) is 14.2 Å². The van der Waals surface area contributed by atoms with Gasteiger partial charge in [-0.25, -0.2) is 0 Å².